The lowest BCUT2D eigenvalue weighted by atomic mass is 10.1. The van der Waals surface area contributed by atoms with E-state index in [1.54, 1.807) is 0 Å². The summed E-state index contributed by atoms with van der Waals surface area (Å²) in [5.41, 5.74) is -0.0559. The van der Waals surface area contributed by atoms with E-state index < -0.39 is 30.2 Å². The van der Waals surface area contributed by atoms with Crippen molar-refractivity contribution in [2.75, 3.05) is 18.6 Å². The second kappa shape index (κ2) is 9.19. The normalized spacial score (nSPS) is 11.8. The van der Waals surface area contributed by atoms with Crippen molar-refractivity contribution >= 4 is 11.6 Å². The van der Waals surface area contributed by atoms with Gasteiger partial charge in [0.25, 0.3) is 5.91 Å². The van der Waals surface area contributed by atoms with Crippen LogP contribution in [0, 0.1) is 0 Å². The van der Waals surface area contributed by atoms with Crippen LogP contribution < -0.4 is 9.64 Å². The van der Waals surface area contributed by atoms with E-state index in [0.717, 1.165) is 23.1 Å². The minimum Gasteiger partial charge on any atom is -0.479 e. The zero-order valence-corrected chi connectivity index (χ0v) is 15.8. The smallest absolute Gasteiger partial charge is 0.416 e. The fourth-order valence-corrected chi connectivity index (χ4v) is 2.68. The van der Waals surface area contributed by atoms with Gasteiger partial charge in [-0.3, -0.25) is 4.79 Å². The van der Waals surface area contributed by atoms with Crippen molar-refractivity contribution < 1.29 is 35.9 Å². The molecule has 1 heterocycles. The summed E-state index contributed by atoms with van der Waals surface area (Å²) in [6, 6.07) is 7.13. The van der Waals surface area contributed by atoms with Crippen molar-refractivity contribution in [3.63, 3.8) is 0 Å². The minimum atomic E-state index is -4.48. The molecule has 2 rings (SSSR count). The Morgan fingerprint density at radius 2 is 1.73 bits per heavy atom. The molecule has 0 unspecified atom stereocenters. The molecule has 0 aliphatic rings. The lowest BCUT2D eigenvalue weighted by Crippen LogP contribution is -2.31. The van der Waals surface area contributed by atoms with Gasteiger partial charge in [0, 0.05) is 18.5 Å². The average Bonchev–Trinajstić information content (AvgIpc) is 2.69. The van der Waals surface area contributed by atoms with E-state index in [1.807, 2.05) is 0 Å². The van der Waals surface area contributed by atoms with Crippen LogP contribution in [-0.4, -0.2) is 30.7 Å². The number of ether oxygens (including phenoxy) is 1. The van der Waals surface area contributed by atoms with Gasteiger partial charge in [-0.15, -0.1) is 0 Å². The Morgan fingerprint density at radius 3 is 2.23 bits per heavy atom. The van der Waals surface area contributed by atoms with Crippen LogP contribution in [0.5, 0.6) is 5.88 Å². The highest BCUT2D eigenvalue weighted by atomic mass is 19.4. The van der Waals surface area contributed by atoms with Gasteiger partial charge in [-0.25, -0.2) is 4.98 Å². The van der Waals surface area contributed by atoms with E-state index in [0.29, 0.717) is 5.56 Å². The monoisotopic (exact) mass is 432 g/mol. The molecule has 1 aromatic carbocycles. The number of pyridine rings is 1. The summed E-state index contributed by atoms with van der Waals surface area (Å²) in [5, 5.41) is 0. The lowest BCUT2D eigenvalue weighted by Gasteiger charge is -2.23. The molecule has 162 valence electrons. The predicted octanol–water partition coefficient (Wildman–Crippen LogP) is 5.64. The molecular weight excluding hydrogens is 414 g/mol. The largest absolute Gasteiger partial charge is 0.479 e. The van der Waals surface area contributed by atoms with Crippen molar-refractivity contribution in [2.45, 2.75) is 25.2 Å². The Labute approximate surface area is 168 Å². The Balaban J connectivity index is 2.34. The number of carbonyl (C=O) groups is 1. The fraction of sp³-hybridized carbons (Fsp3) is 0.300. The first-order chi connectivity index (χ1) is 14.0. The molecular formula is C20H18F6N2O2. The molecule has 30 heavy (non-hydrogen) atoms. The van der Waals surface area contributed by atoms with E-state index >= 15 is 0 Å². The molecule has 0 saturated carbocycles. The summed E-state index contributed by atoms with van der Waals surface area (Å²) in [5.74, 6) is -0.700. The highest BCUT2D eigenvalue weighted by Gasteiger charge is 2.30. The number of carbonyl (C=O) groups excluding carboxylic acids is 1. The predicted molar refractivity (Wildman–Crippen MR) is 99.1 cm³/mol. The number of hydrogen-bond donors (Lipinski definition) is 0. The maximum Gasteiger partial charge on any atom is 0.416 e. The van der Waals surface area contributed by atoms with Gasteiger partial charge in [-0.1, -0.05) is 18.7 Å². The van der Waals surface area contributed by atoms with Gasteiger partial charge in [-0.2, -0.15) is 26.3 Å². The van der Waals surface area contributed by atoms with Crippen molar-refractivity contribution in [1.29, 1.82) is 0 Å². The van der Waals surface area contributed by atoms with E-state index in [4.69, 9.17) is 4.74 Å². The molecule has 2 aromatic rings. The number of aromatic nitrogens is 1. The first kappa shape index (κ1) is 23.2. The second-order valence-electron chi connectivity index (χ2n) is 6.21. The van der Waals surface area contributed by atoms with Crippen LogP contribution in [0.2, 0.25) is 0 Å². The van der Waals surface area contributed by atoms with Gasteiger partial charge in [0.1, 0.15) is 5.69 Å². The molecule has 0 bridgehead atoms. The Morgan fingerprint density at radius 1 is 1.10 bits per heavy atom. The van der Waals surface area contributed by atoms with Gasteiger partial charge >= 0.3 is 12.4 Å². The molecule has 1 aromatic heterocycles. The maximum absolute atomic E-state index is 12.7. The highest BCUT2D eigenvalue weighted by molar-refractivity contribution is 6.02. The first-order valence-electron chi connectivity index (χ1n) is 8.69. The molecule has 4 nitrogen and oxygen atoms in total. The minimum absolute atomic E-state index is 0.0605. The van der Waals surface area contributed by atoms with E-state index in [9.17, 15) is 31.1 Å². The molecule has 10 heteroatoms. The SMILES string of the molecule is C=CC(=O)N(CCCC(F)(F)F)c1ccc(-c2ccc(C(F)(F)F)cc2)nc1OC. The topological polar surface area (TPSA) is 42.4 Å². The van der Waals surface area contributed by atoms with Crippen LogP contribution in [0.3, 0.4) is 0 Å². The number of rotatable bonds is 7. The van der Waals surface area contributed by atoms with Crippen LogP contribution in [0.1, 0.15) is 18.4 Å². The summed E-state index contributed by atoms with van der Waals surface area (Å²) in [4.78, 5) is 17.4. The van der Waals surface area contributed by atoms with Crippen molar-refractivity contribution in [1.82, 2.24) is 4.98 Å². The molecule has 0 fully saturated rings. The molecule has 0 atom stereocenters. The third kappa shape index (κ3) is 5.98. The lowest BCUT2D eigenvalue weighted by molar-refractivity contribution is -0.137. The number of methoxy groups -OCH3 is 1. The third-order valence-corrected chi connectivity index (χ3v) is 4.11. The number of anilines is 1. The molecule has 0 radical (unpaired) electrons. The summed E-state index contributed by atoms with van der Waals surface area (Å²) < 4.78 is 80.7. The van der Waals surface area contributed by atoms with Crippen molar-refractivity contribution in [3.8, 4) is 17.1 Å². The Bertz CT molecular complexity index is 892. The maximum atomic E-state index is 12.7. The molecule has 0 aliphatic heterocycles. The van der Waals surface area contributed by atoms with Gasteiger partial charge in [-0.05, 0) is 36.8 Å². The van der Waals surface area contributed by atoms with Crippen molar-refractivity contribution in [3.05, 3.63) is 54.6 Å². The van der Waals surface area contributed by atoms with E-state index in [-0.39, 0.29) is 30.2 Å². The van der Waals surface area contributed by atoms with Gasteiger partial charge in [0.05, 0.1) is 18.4 Å². The summed E-state index contributed by atoms with van der Waals surface area (Å²) >= 11 is 0. The van der Waals surface area contributed by atoms with E-state index in [2.05, 4.69) is 11.6 Å². The number of benzene rings is 1. The fourth-order valence-electron chi connectivity index (χ4n) is 2.68. The molecule has 0 aliphatic carbocycles. The molecule has 1 amide bonds. The van der Waals surface area contributed by atoms with Crippen LogP contribution in [0.4, 0.5) is 32.0 Å². The van der Waals surface area contributed by atoms with Gasteiger partial charge in [0.2, 0.25) is 5.88 Å². The Hall–Kier alpha value is -3.04. The van der Waals surface area contributed by atoms with Crippen LogP contribution >= 0.6 is 0 Å². The quantitative estimate of drug-likeness (QED) is 0.420. The number of halogens is 6. The summed E-state index contributed by atoms with van der Waals surface area (Å²) in [6.45, 7) is 3.10. The van der Waals surface area contributed by atoms with Gasteiger partial charge < -0.3 is 9.64 Å². The van der Waals surface area contributed by atoms with Crippen LogP contribution in [0.15, 0.2) is 49.1 Å². The molecule has 0 N–H and O–H groups in total. The molecule has 0 spiro atoms. The highest BCUT2D eigenvalue weighted by Crippen LogP contribution is 2.33. The number of nitrogens with zero attached hydrogens (tertiary/aromatic N) is 2. The Kier molecular flexibility index (Phi) is 7.12. The number of alkyl halides is 6. The van der Waals surface area contributed by atoms with Crippen LogP contribution in [0.25, 0.3) is 11.3 Å². The second-order valence-corrected chi connectivity index (χ2v) is 6.21. The number of amides is 1. The first-order valence-corrected chi connectivity index (χ1v) is 8.69. The summed E-state index contributed by atoms with van der Waals surface area (Å²) in [7, 11) is 1.26. The zero-order chi connectivity index (χ0) is 22.5. The average molecular weight is 432 g/mol. The third-order valence-electron chi connectivity index (χ3n) is 4.11. The summed E-state index contributed by atoms with van der Waals surface area (Å²) in [6.07, 6.45) is -9.30. The van der Waals surface area contributed by atoms with Gasteiger partial charge in [0.15, 0.2) is 0 Å². The zero-order valence-electron chi connectivity index (χ0n) is 15.8. The van der Waals surface area contributed by atoms with Crippen molar-refractivity contribution in [2.24, 2.45) is 0 Å². The molecule has 0 saturated heterocycles. The number of hydrogen-bond acceptors (Lipinski definition) is 3. The van der Waals surface area contributed by atoms with Crippen LogP contribution in [-0.2, 0) is 11.0 Å². The van der Waals surface area contributed by atoms with E-state index in [1.165, 1.54) is 31.4 Å². The standard InChI is InChI=1S/C20H18F6N2O2/c1-3-17(29)28(12-4-11-19(21,22)23)16-10-9-15(27-18(16)30-2)13-5-7-14(8-6-13)20(24,25)26/h3,5-10H,1,4,11-12H2,2H3.